The molecule has 6 atom stereocenters. The Morgan fingerprint density at radius 2 is 0.894 bits per heavy atom. The number of esters is 1. The molecule has 1 rings (SSSR count). The number of ether oxygens (including phenoxy) is 2. The van der Waals surface area contributed by atoms with E-state index in [0.29, 0.717) is 19.4 Å². The number of phosphoric ester groups is 1. The first kappa shape index (κ1) is 61.0. The summed E-state index contributed by atoms with van der Waals surface area (Å²) in [7, 11) is -5.05. The van der Waals surface area contributed by atoms with E-state index in [1.807, 2.05) is 12.2 Å². The van der Waals surface area contributed by atoms with Gasteiger partial charge in [-0.2, -0.15) is 0 Å². The highest BCUT2D eigenvalue weighted by Gasteiger charge is 2.51. The molecule has 1 saturated carbocycles. The van der Waals surface area contributed by atoms with Gasteiger partial charge in [-0.15, -0.1) is 0 Å². The number of hydrogen-bond donors (Lipinski definition) is 6. The third kappa shape index (κ3) is 33.5. The molecule has 0 radical (unpaired) electrons. The van der Waals surface area contributed by atoms with Crippen molar-refractivity contribution in [3.05, 3.63) is 109 Å². The molecule has 0 aromatic rings. The molecule has 376 valence electrons. The zero-order chi connectivity index (χ0) is 48.4. The zero-order valence-corrected chi connectivity index (χ0v) is 41.1. The fourth-order valence-electron chi connectivity index (χ4n) is 6.73. The molecule has 0 aliphatic heterocycles. The summed E-state index contributed by atoms with van der Waals surface area (Å²) in [5.41, 5.74) is 0. The van der Waals surface area contributed by atoms with Gasteiger partial charge in [-0.25, -0.2) is 4.57 Å². The number of unbranched alkanes of at least 4 members (excludes halogenated alkanes) is 10. The Morgan fingerprint density at radius 3 is 1.36 bits per heavy atom. The maximum atomic E-state index is 12.8. The van der Waals surface area contributed by atoms with Crippen LogP contribution < -0.4 is 0 Å². The number of aliphatic hydroxyl groups is 5. The lowest BCUT2D eigenvalue weighted by Crippen LogP contribution is -2.64. The van der Waals surface area contributed by atoms with Crippen LogP contribution in [0.3, 0.4) is 0 Å². The Bertz CT molecular complexity index is 1500. The lowest BCUT2D eigenvalue weighted by molar-refractivity contribution is -0.220. The molecule has 0 spiro atoms. The van der Waals surface area contributed by atoms with E-state index in [1.54, 1.807) is 0 Å². The van der Waals surface area contributed by atoms with Crippen molar-refractivity contribution in [3.63, 3.8) is 0 Å². The van der Waals surface area contributed by atoms with Crippen LogP contribution in [0, 0.1) is 0 Å². The van der Waals surface area contributed by atoms with E-state index in [2.05, 4.69) is 111 Å². The summed E-state index contributed by atoms with van der Waals surface area (Å²) in [6, 6.07) is 0. The first-order valence-electron chi connectivity index (χ1n) is 24.7. The van der Waals surface area contributed by atoms with Crippen LogP contribution >= 0.6 is 7.82 Å². The smallest absolute Gasteiger partial charge is 0.457 e. The van der Waals surface area contributed by atoms with E-state index in [-0.39, 0.29) is 13.0 Å². The number of allylic oxidation sites excluding steroid dienone is 18. The minimum Gasteiger partial charge on any atom is -0.457 e. The highest BCUT2D eigenvalue weighted by molar-refractivity contribution is 7.47. The molecule has 13 heteroatoms. The minimum atomic E-state index is -5.05. The van der Waals surface area contributed by atoms with Gasteiger partial charge in [0.25, 0.3) is 0 Å². The molecule has 0 heterocycles. The van der Waals surface area contributed by atoms with Crippen molar-refractivity contribution >= 4 is 13.8 Å². The SMILES string of the molecule is CC/C=C\C/C=C\C/C=C\C/C=C\C/C=C\C/C=C\C/C=C\CCCC(=O)OC(COCCCCCCCC/C=C\C/C=C\CCCCC)COP(=O)(O)OC1C(O)C(O)C(O)C(O)C1O. The molecule has 0 amide bonds. The van der Waals surface area contributed by atoms with Crippen LogP contribution in [0.25, 0.3) is 0 Å². The van der Waals surface area contributed by atoms with Crippen LogP contribution in [0.1, 0.15) is 155 Å². The summed E-state index contributed by atoms with van der Waals surface area (Å²) >= 11 is 0. The largest absolute Gasteiger partial charge is 0.472 e. The van der Waals surface area contributed by atoms with Gasteiger partial charge in [0.15, 0.2) is 0 Å². The molecule has 0 aromatic carbocycles. The maximum absolute atomic E-state index is 12.8. The van der Waals surface area contributed by atoms with Crippen LogP contribution in [0.15, 0.2) is 109 Å². The minimum absolute atomic E-state index is 0.0958. The summed E-state index contributed by atoms with van der Waals surface area (Å²) in [4.78, 5) is 23.2. The first-order chi connectivity index (χ1) is 32.0. The van der Waals surface area contributed by atoms with Gasteiger partial charge in [-0.3, -0.25) is 13.8 Å². The van der Waals surface area contributed by atoms with Crippen molar-refractivity contribution in [1.82, 2.24) is 0 Å². The van der Waals surface area contributed by atoms with Crippen molar-refractivity contribution in [3.8, 4) is 0 Å². The predicted octanol–water partition coefficient (Wildman–Crippen LogP) is 10.9. The molecule has 1 aliphatic rings. The molecule has 66 heavy (non-hydrogen) atoms. The molecular formula is C53H87O12P. The molecule has 0 aromatic heterocycles. The third-order valence-corrected chi connectivity index (χ3v) is 11.6. The highest BCUT2D eigenvalue weighted by atomic mass is 31.2. The molecule has 6 N–H and O–H groups in total. The van der Waals surface area contributed by atoms with Crippen LogP contribution in [0.5, 0.6) is 0 Å². The fraction of sp³-hybridized carbons (Fsp3) is 0.642. The van der Waals surface area contributed by atoms with E-state index < -0.39 is 63.1 Å². The van der Waals surface area contributed by atoms with Gasteiger partial charge in [0.05, 0.1) is 13.2 Å². The van der Waals surface area contributed by atoms with Crippen LogP contribution in [-0.4, -0.2) is 98.9 Å². The Balaban J connectivity index is 2.44. The molecule has 1 aliphatic carbocycles. The van der Waals surface area contributed by atoms with E-state index in [9.17, 15) is 39.8 Å². The highest BCUT2D eigenvalue weighted by Crippen LogP contribution is 2.47. The summed E-state index contributed by atoms with van der Waals surface area (Å²) in [5.74, 6) is -0.543. The Labute approximate surface area is 397 Å². The molecular weight excluding hydrogens is 860 g/mol. The van der Waals surface area contributed by atoms with Crippen LogP contribution in [0.2, 0.25) is 0 Å². The van der Waals surface area contributed by atoms with Gasteiger partial charge in [0, 0.05) is 13.0 Å². The standard InChI is InChI=1S/C53H87O12P/c1-3-5-7-9-11-13-15-17-19-21-22-23-24-25-26-27-28-30-32-34-36-38-40-42-47(54)64-46(45-63-66(60,61)65-53-51(58)49(56)48(55)50(57)52(53)59)44-62-43-41-39-37-35-33-31-29-20-18-16-14-12-10-8-6-4-2/h5,7,11-14,17-20,22-23,25-26,28,30,34,36,46,48-53,55-59H,3-4,6,8-10,15-16,21,24,27,29,31-33,35,37-45H2,1-2H3,(H,60,61)/b7-5-,13-11-,14-12-,19-17-,20-18-,23-22-,26-25-,30-28-,36-34-. The van der Waals surface area contributed by atoms with Crippen molar-refractivity contribution in [2.45, 2.75) is 198 Å². The monoisotopic (exact) mass is 947 g/mol. The van der Waals surface area contributed by atoms with E-state index in [4.69, 9.17) is 18.5 Å². The lowest BCUT2D eigenvalue weighted by Gasteiger charge is -2.41. The van der Waals surface area contributed by atoms with Crippen molar-refractivity contribution in [2.75, 3.05) is 19.8 Å². The second-order valence-corrected chi connectivity index (χ2v) is 18.0. The van der Waals surface area contributed by atoms with Gasteiger partial charge in [0.2, 0.25) is 0 Å². The molecule has 0 bridgehead atoms. The predicted molar refractivity (Wildman–Crippen MR) is 267 cm³/mol. The summed E-state index contributed by atoms with van der Waals surface area (Å²) in [6.07, 6.45) is 47.3. The van der Waals surface area contributed by atoms with Crippen LogP contribution in [0.4, 0.5) is 0 Å². The maximum Gasteiger partial charge on any atom is 0.472 e. The Morgan fingerprint density at radius 1 is 0.500 bits per heavy atom. The number of hydrogen-bond acceptors (Lipinski definition) is 11. The van der Waals surface area contributed by atoms with E-state index in [0.717, 1.165) is 103 Å². The molecule has 12 nitrogen and oxygen atoms in total. The number of carbonyl (C=O) groups is 1. The molecule has 0 saturated heterocycles. The number of aliphatic hydroxyl groups excluding tert-OH is 5. The number of phosphoric acid groups is 1. The van der Waals surface area contributed by atoms with Crippen molar-refractivity contribution in [2.24, 2.45) is 0 Å². The second kappa shape index (κ2) is 42.1. The van der Waals surface area contributed by atoms with Crippen molar-refractivity contribution in [1.29, 1.82) is 0 Å². The van der Waals surface area contributed by atoms with Crippen LogP contribution in [-0.2, 0) is 27.9 Å². The topological polar surface area (TPSA) is 192 Å². The van der Waals surface area contributed by atoms with E-state index >= 15 is 0 Å². The van der Waals surface area contributed by atoms with Gasteiger partial charge < -0.3 is 39.9 Å². The van der Waals surface area contributed by atoms with Gasteiger partial charge in [-0.1, -0.05) is 162 Å². The zero-order valence-electron chi connectivity index (χ0n) is 40.2. The van der Waals surface area contributed by atoms with E-state index in [1.165, 1.54) is 19.3 Å². The summed E-state index contributed by atoms with van der Waals surface area (Å²) in [5, 5.41) is 50.3. The normalized spacial score (nSPS) is 22.4. The summed E-state index contributed by atoms with van der Waals surface area (Å²) < 4.78 is 34.2. The first-order valence-corrected chi connectivity index (χ1v) is 26.2. The average molecular weight is 947 g/mol. The Kier molecular flexibility index (Phi) is 38.9. The second-order valence-electron chi connectivity index (χ2n) is 16.6. The average Bonchev–Trinajstić information content (AvgIpc) is 3.30. The number of rotatable bonds is 40. The lowest BCUT2D eigenvalue weighted by atomic mass is 9.85. The summed E-state index contributed by atoms with van der Waals surface area (Å²) in [6.45, 7) is 4.02. The van der Waals surface area contributed by atoms with Crippen molar-refractivity contribution < 1.29 is 58.3 Å². The quantitative estimate of drug-likeness (QED) is 0.0148. The van der Waals surface area contributed by atoms with Gasteiger partial charge >= 0.3 is 13.8 Å². The van der Waals surface area contributed by atoms with Gasteiger partial charge in [0.1, 0.15) is 42.7 Å². The third-order valence-electron chi connectivity index (χ3n) is 10.6. The fourth-order valence-corrected chi connectivity index (χ4v) is 7.70. The molecule has 6 unspecified atom stereocenters. The number of carbonyl (C=O) groups excluding carboxylic acids is 1. The molecule has 1 fully saturated rings. The van der Waals surface area contributed by atoms with Gasteiger partial charge in [-0.05, 0) is 96.3 Å². The Hall–Kier alpha value is -3.00.